The SMILES string of the molecule is CCCSc1nc([C@]2(CC(=O)O)CCCNC2)ccc1C(=O)NC1C2CC3CC1CC(OC(F)F)(C3)C2. The number of carbonyl (C=O) groups is 2. The summed E-state index contributed by atoms with van der Waals surface area (Å²) in [6.45, 7) is 0.702. The molecular weight excluding hydrogens is 500 g/mol. The minimum absolute atomic E-state index is 0.00847. The van der Waals surface area contributed by atoms with E-state index in [0.717, 1.165) is 50.1 Å². The lowest BCUT2D eigenvalue weighted by Gasteiger charge is -2.59. The number of hydrogen-bond acceptors (Lipinski definition) is 6. The summed E-state index contributed by atoms with van der Waals surface area (Å²) in [5.74, 6) is 0.416. The highest BCUT2D eigenvalue weighted by Gasteiger charge is 2.57. The lowest BCUT2D eigenvalue weighted by Crippen LogP contribution is -2.62. The summed E-state index contributed by atoms with van der Waals surface area (Å²) in [5, 5.41) is 16.8. The van der Waals surface area contributed by atoms with Crippen LogP contribution in [0.15, 0.2) is 17.2 Å². The second-order valence-corrected chi connectivity index (χ2v) is 12.6. The van der Waals surface area contributed by atoms with Gasteiger partial charge in [0, 0.05) is 23.7 Å². The minimum Gasteiger partial charge on any atom is -0.481 e. The number of pyridine rings is 1. The second-order valence-electron chi connectivity index (χ2n) is 11.6. The van der Waals surface area contributed by atoms with Gasteiger partial charge in [-0.15, -0.1) is 11.8 Å². The van der Waals surface area contributed by atoms with Gasteiger partial charge in [0.05, 0.1) is 17.6 Å². The second kappa shape index (κ2) is 10.8. The van der Waals surface area contributed by atoms with Gasteiger partial charge in [-0.2, -0.15) is 8.78 Å². The van der Waals surface area contributed by atoms with Gasteiger partial charge in [-0.1, -0.05) is 6.92 Å². The van der Waals surface area contributed by atoms with Gasteiger partial charge in [-0.3, -0.25) is 9.59 Å². The molecule has 37 heavy (non-hydrogen) atoms. The zero-order valence-corrected chi connectivity index (χ0v) is 22.1. The Morgan fingerprint density at radius 1 is 1.27 bits per heavy atom. The molecule has 2 unspecified atom stereocenters. The normalized spacial score (nSPS) is 34.6. The van der Waals surface area contributed by atoms with Crippen LogP contribution in [-0.4, -0.2) is 59.1 Å². The van der Waals surface area contributed by atoms with Crippen LogP contribution in [0.2, 0.25) is 0 Å². The van der Waals surface area contributed by atoms with Crippen molar-refractivity contribution in [2.75, 3.05) is 18.8 Å². The third-order valence-electron chi connectivity index (χ3n) is 8.91. The smallest absolute Gasteiger partial charge is 0.345 e. The first-order valence-corrected chi connectivity index (χ1v) is 14.5. The molecule has 1 aliphatic heterocycles. The zero-order valence-electron chi connectivity index (χ0n) is 21.3. The van der Waals surface area contributed by atoms with E-state index in [-0.39, 0.29) is 30.2 Å². The van der Waals surface area contributed by atoms with E-state index in [1.165, 1.54) is 11.8 Å². The van der Waals surface area contributed by atoms with Gasteiger partial charge in [0.2, 0.25) is 0 Å². The number of aliphatic carboxylic acids is 1. The summed E-state index contributed by atoms with van der Waals surface area (Å²) < 4.78 is 31.4. The molecule has 204 valence electrons. The first-order valence-electron chi connectivity index (χ1n) is 13.6. The molecule has 6 rings (SSSR count). The van der Waals surface area contributed by atoms with E-state index in [4.69, 9.17) is 9.72 Å². The van der Waals surface area contributed by atoms with Crippen molar-refractivity contribution < 1.29 is 28.2 Å². The van der Waals surface area contributed by atoms with Gasteiger partial charge >= 0.3 is 12.6 Å². The molecule has 7 nitrogen and oxygen atoms in total. The number of carboxylic acid groups (broad SMARTS) is 1. The lowest BCUT2D eigenvalue weighted by molar-refractivity contribution is -0.260. The van der Waals surface area contributed by atoms with E-state index in [1.54, 1.807) is 6.07 Å². The number of hydrogen-bond donors (Lipinski definition) is 3. The van der Waals surface area contributed by atoms with E-state index < -0.39 is 23.6 Å². The van der Waals surface area contributed by atoms with Gasteiger partial charge in [-0.05, 0) is 93.6 Å². The van der Waals surface area contributed by atoms with Crippen LogP contribution in [0.4, 0.5) is 8.78 Å². The summed E-state index contributed by atoms with van der Waals surface area (Å²) in [4.78, 5) is 30.2. The highest BCUT2D eigenvalue weighted by molar-refractivity contribution is 7.99. The molecular formula is C27H37F2N3O4S. The number of halogens is 2. The molecule has 1 aromatic rings. The van der Waals surface area contributed by atoms with E-state index in [2.05, 4.69) is 17.6 Å². The van der Waals surface area contributed by atoms with Crippen molar-refractivity contribution in [3.63, 3.8) is 0 Å². The predicted molar refractivity (Wildman–Crippen MR) is 136 cm³/mol. The summed E-state index contributed by atoms with van der Waals surface area (Å²) >= 11 is 1.52. The van der Waals surface area contributed by atoms with Crippen molar-refractivity contribution in [1.82, 2.24) is 15.6 Å². The van der Waals surface area contributed by atoms with Gasteiger partial charge < -0.3 is 20.5 Å². The average molecular weight is 538 g/mol. The number of piperidine rings is 1. The van der Waals surface area contributed by atoms with Crippen LogP contribution >= 0.6 is 11.8 Å². The molecule has 0 aromatic carbocycles. The van der Waals surface area contributed by atoms with Gasteiger partial charge in [0.15, 0.2) is 0 Å². The van der Waals surface area contributed by atoms with Crippen LogP contribution in [0.25, 0.3) is 0 Å². The Kier molecular flexibility index (Phi) is 7.80. The topological polar surface area (TPSA) is 101 Å². The number of nitrogens with one attached hydrogen (secondary N) is 2. The fourth-order valence-electron chi connectivity index (χ4n) is 7.68. The number of aromatic nitrogens is 1. The summed E-state index contributed by atoms with van der Waals surface area (Å²) in [5.41, 5.74) is -0.119. The van der Waals surface area contributed by atoms with Gasteiger partial charge in [0.1, 0.15) is 5.03 Å². The van der Waals surface area contributed by atoms with Crippen molar-refractivity contribution in [1.29, 1.82) is 0 Å². The molecule has 4 aliphatic carbocycles. The molecule has 2 heterocycles. The summed E-state index contributed by atoms with van der Waals surface area (Å²) in [7, 11) is 0. The van der Waals surface area contributed by atoms with Crippen LogP contribution in [-0.2, 0) is 14.9 Å². The van der Waals surface area contributed by atoms with E-state index in [1.807, 2.05) is 6.07 Å². The van der Waals surface area contributed by atoms with Gasteiger partial charge in [0.25, 0.3) is 5.91 Å². The van der Waals surface area contributed by atoms with Crippen LogP contribution in [0, 0.1) is 17.8 Å². The van der Waals surface area contributed by atoms with Crippen molar-refractivity contribution >= 4 is 23.6 Å². The molecule has 4 saturated carbocycles. The molecule has 1 saturated heterocycles. The van der Waals surface area contributed by atoms with E-state index in [0.29, 0.717) is 42.3 Å². The fraction of sp³-hybridized carbons (Fsp3) is 0.741. The largest absolute Gasteiger partial charge is 0.481 e. The number of thioether (sulfide) groups is 1. The first kappa shape index (κ1) is 26.8. The highest BCUT2D eigenvalue weighted by Crippen LogP contribution is 2.57. The Bertz CT molecular complexity index is 999. The monoisotopic (exact) mass is 537 g/mol. The molecule has 10 heteroatoms. The zero-order chi connectivity index (χ0) is 26.2. The first-order chi connectivity index (χ1) is 17.7. The number of carboxylic acids is 1. The number of amides is 1. The van der Waals surface area contributed by atoms with Crippen molar-refractivity contribution in [3.05, 3.63) is 23.4 Å². The molecule has 3 N–H and O–H groups in total. The number of alkyl halides is 2. The quantitative estimate of drug-likeness (QED) is 0.375. The van der Waals surface area contributed by atoms with Crippen molar-refractivity contribution in [3.8, 4) is 0 Å². The van der Waals surface area contributed by atoms with Crippen molar-refractivity contribution in [2.45, 2.75) is 93.4 Å². The third kappa shape index (κ3) is 5.52. The molecule has 1 amide bonds. The molecule has 4 bridgehead atoms. The standard InChI is InChI=1S/C27H37F2N3O4S/c1-2-8-37-24-19(4-5-20(31-24)26(14-21(33)34)6-3-7-30-15-26)23(35)32-22-17-9-16-10-18(22)13-27(11-16,12-17)36-25(28)29/h4-5,16-18,22,25,30H,2-3,6-15H2,1H3,(H,32,35)(H,33,34)/t16?,17?,18?,22?,26-,27?/m0/s1. The molecule has 0 spiro atoms. The Morgan fingerprint density at radius 3 is 2.65 bits per heavy atom. The minimum atomic E-state index is -2.77. The number of nitrogens with zero attached hydrogens (tertiary/aromatic N) is 1. The van der Waals surface area contributed by atoms with Crippen LogP contribution in [0.3, 0.4) is 0 Å². The highest BCUT2D eigenvalue weighted by atomic mass is 32.2. The van der Waals surface area contributed by atoms with Gasteiger partial charge in [-0.25, -0.2) is 4.98 Å². The number of ether oxygens (including phenoxy) is 1. The Hall–Kier alpha value is -1.78. The molecule has 5 aliphatic rings. The summed E-state index contributed by atoms with van der Waals surface area (Å²) in [6, 6.07) is 3.57. The molecule has 5 fully saturated rings. The Labute approximate surface area is 220 Å². The van der Waals surface area contributed by atoms with Crippen molar-refractivity contribution in [2.24, 2.45) is 17.8 Å². The van der Waals surface area contributed by atoms with Crippen LogP contribution < -0.4 is 10.6 Å². The number of rotatable bonds is 10. The maximum absolute atomic E-state index is 13.6. The Balaban J connectivity index is 1.37. The van der Waals surface area contributed by atoms with E-state index >= 15 is 0 Å². The maximum Gasteiger partial charge on any atom is 0.345 e. The molecule has 0 radical (unpaired) electrons. The Morgan fingerprint density at radius 2 is 2.03 bits per heavy atom. The van der Waals surface area contributed by atoms with Crippen LogP contribution in [0.5, 0.6) is 0 Å². The molecule has 1 aromatic heterocycles. The summed E-state index contributed by atoms with van der Waals surface area (Å²) in [6.07, 6.45) is 6.22. The maximum atomic E-state index is 13.6. The lowest BCUT2D eigenvalue weighted by atomic mass is 9.52. The van der Waals surface area contributed by atoms with E-state index in [9.17, 15) is 23.5 Å². The number of carbonyl (C=O) groups excluding carboxylic acids is 1. The molecule has 3 atom stereocenters. The van der Waals surface area contributed by atoms with Crippen LogP contribution in [0.1, 0.15) is 80.8 Å². The average Bonchev–Trinajstić information content (AvgIpc) is 2.83. The third-order valence-corrected chi connectivity index (χ3v) is 10.1. The fourth-order valence-corrected chi connectivity index (χ4v) is 8.56. The predicted octanol–water partition coefficient (Wildman–Crippen LogP) is 4.60.